The van der Waals surface area contributed by atoms with E-state index in [1.807, 2.05) is 25.1 Å². The molecule has 0 fully saturated rings. The lowest BCUT2D eigenvalue weighted by Crippen LogP contribution is -2.29. The lowest BCUT2D eigenvalue weighted by atomic mass is 10.0. The van der Waals surface area contributed by atoms with Gasteiger partial charge in [-0.3, -0.25) is 9.59 Å². The van der Waals surface area contributed by atoms with Crippen LogP contribution in [0.25, 0.3) is 10.9 Å². The van der Waals surface area contributed by atoms with Crippen LogP contribution < -0.4 is 10.3 Å². The molecule has 2 aromatic heterocycles. The highest BCUT2D eigenvalue weighted by molar-refractivity contribution is 6.01. The van der Waals surface area contributed by atoms with E-state index in [1.54, 1.807) is 24.5 Å². The maximum absolute atomic E-state index is 12.7. The standard InChI is InChI=1S/C20H19N3O4/c1-3-26-14-7-6-13-9-15(20(25)21-16(13)10-14)18-11-17(19-5-4-8-27-19)22-23(18)12(2)24/h4-10,18H,3,11H2,1-2H3,(H,21,25)/t18-/m1/s1. The van der Waals surface area contributed by atoms with Gasteiger partial charge in [0, 0.05) is 25.0 Å². The van der Waals surface area contributed by atoms with Gasteiger partial charge in [-0.15, -0.1) is 0 Å². The third kappa shape index (κ3) is 3.12. The number of benzene rings is 1. The zero-order chi connectivity index (χ0) is 19.0. The van der Waals surface area contributed by atoms with E-state index < -0.39 is 6.04 Å². The minimum atomic E-state index is -0.470. The predicted molar refractivity (Wildman–Crippen MR) is 101 cm³/mol. The van der Waals surface area contributed by atoms with E-state index in [9.17, 15) is 9.59 Å². The van der Waals surface area contributed by atoms with Crippen molar-refractivity contribution in [3.63, 3.8) is 0 Å². The number of furan rings is 1. The average Bonchev–Trinajstić information content (AvgIpc) is 3.31. The first-order chi connectivity index (χ1) is 13.1. The van der Waals surface area contributed by atoms with E-state index in [0.717, 1.165) is 5.39 Å². The number of hydrazone groups is 1. The van der Waals surface area contributed by atoms with Crippen molar-refractivity contribution in [1.82, 2.24) is 9.99 Å². The summed E-state index contributed by atoms with van der Waals surface area (Å²) < 4.78 is 10.9. The molecule has 7 nitrogen and oxygen atoms in total. The molecule has 1 aliphatic rings. The molecule has 0 spiro atoms. The number of rotatable bonds is 4. The molecule has 1 aliphatic heterocycles. The monoisotopic (exact) mass is 365 g/mol. The number of nitrogens with zero attached hydrogens (tertiary/aromatic N) is 2. The molecular formula is C20H19N3O4. The summed E-state index contributed by atoms with van der Waals surface area (Å²) in [4.78, 5) is 27.7. The van der Waals surface area contributed by atoms with E-state index in [-0.39, 0.29) is 11.5 Å². The first-order valence-corrected chi connectivity index (χ1v) is 8.77. The fourth-order valence-electron chi connectivity index (χ4n) is 3.34. The topological polar surface area (TPSA) is 87.9 Å². The van der Waals surface area contributed by atoms with Crippen LogP contribution in [0.2, 0.25) is 0 Å². The minimum Gasteiger partial charge on any atom is -0.494 e. The number of hydrogen-bond acceptors (Lipinski definition) is 5. The minimum absolute atomic E-state index is 0.229. The molecule has 3 aromatic rings. The Morgan fingerprint density at radius 2 is 2.22 bits per heavy atom. The van der Waals surface area contributed by atoms with E-state index in [4.69, 9.17) is 9.15 Å². The fourth-order valence-corrected chi connectivity index (χ4v) is 3.34. The second-order valence-corrected chi connectivity index (χ2v) is 6.34. The summed E-state index contributed by atoms with van der Waals surface area (Å²) in [5.74, 6) is 1.07. The molecule has 0 unspecified atom stereocenters. The number of amides is 1. The Kier molecular flexibility index (Phi) is 4.27. The van der Waals surface area contributed by atoms with E-state index in [2.05, 4.69) is 10.1 Å². The molecular weight excluding hydrogens is 346 g/mol. The van der Waals surface area contributed by atoms with Crippen LogP contribution in [0.15, 0.2) is 57.0 Å². The van der Waals surface area contributed by atoms with Crippen LogP contribution in [0, 0.1) is 0 Å². The Morgan fingerprint density at radius 3 is 2.93 bits per heavy atom. The molecule has 0 aliphatic carbocycles. The highest BCUT2D eigenvalue weighted by Gasteiger charge is 2.34. The number of carbonyl (C=O) groups is 1. The Labute approximate surface area is 155 Å². The summed E-state index contributed by atoms with van der Waals surface area (Å²) >= 11 is 0. The normalized spacial score (nSPS) is 16.6. The summed E-state index contributed by atoms with van der Waals surface area (Å²) in [5.41, 5.74) is 1.58. The van der Waals surface area contributed by atoms with E-state index in [1.165, 1.54) is 11.9 Å². The van der Waals surface area contributed by atoms with Crippen molar-refractivity contribution in [2.75, 3.05) is 6.61 Å². The van der Waals surface area contributed by atoms with Crippen molar-refractivity contribution >= 4 is 22.5 Å². The number of hydrogen-bond donors (Lipinski definition) is 1. The van der Waals surface area contributed by atoms with Crippen molar-refractivity contribution in [2.24, 2.45) is 5.10 Å². The lowest BCUT2D eigenvalue weighted by molar-refractivity contribution is -0.130. The van der Waals surface area contributed by atoms with Crippen molar-refractivity contribution in [3.05, 3.63) is 64.3 Å². The van der Waals surface area contributed by atoms with Gasteiger partial charge in [-0.2, -0.15) is 5.10 Å². The van der Waals surface area contributed by atoms with Gasteiger partial charge in [-0.25, -0.2) is 5.01 Å². The predicted octanol–water partition coefficient (Wildman–Crippen LogP) is 3.22. The zero-order valence-corrected chi connectivity index (χ0v) is 15.1. The highest BCUT2D eigenvalue weighted by Crippen LogP contribution is 2.32. The van der Waals surface area contributed by atoms with Crippen molar-refractivity contribution < 1.29 is 13.9 Å². The second kappa shape index (κ2) is 6.75. The average molecular weight is 365 g/mol. The number of H-pyrrole nitrogens is 1. The van der Waals surface area contributed by atoms with Gasteiger partial charge in [0.05, 0.1) is 24.4 Å². The van der Waals surface area contributed by atoms with Gasteiger partial charge in [-0.05, 0) is 42.6 Å². The Hall–Kier alpha value is -3.35. The molecule has 138 valence electrons. The number of nitrogens with one attached hydrogen (secondary N) is 1. The summed E-state index contributed by atoms with van der Waals surface area (Å²) in [6.45, 7) is 3.89. The molecule has 0 saturated carbocycles. The van der Waals surface area contributed by atoms with Gasteiger partial charge in [0.1, 0.15) is 17.2 Å². The number of pyridine rings is 1. The van der Waals surface area contributed by atoms with Gasteiger partial charge in [-0.1, -0.05) is 0 Å². The van der Waals surface area contributed by atoms with Gasteiger partial charge in [0.25, 0.3) is 5.56 Å². The van der Waals surface area contributed by atoms with Gasteiger partial charge in [0.15, 0.2) is 0 Å². The van der Waals surface area contributed by atoms with Gasteiger partial charge >= 0.3 is 0 Å². The molecule has 1 N–H and O–H groups in total. The Morgan fingerprint density at radius 1 is 1.37 bits per heavy atom. The summed E-state index contributed by atoms with van der Waals surface area (Å²) in [5, 5.41) is 6.60. The molecule has 0 bridgehead atoms. The maximum atomic E-state index is 12.7. The number of ether oxygens (including phenoxy) is 1. The molecule has 1 amide bonds. The van der Waals surface area contributed by atoms with Crippen molar-refractivity contribution in [2.45, 2.75) is 26.3 Å². The van der Waals surface area contributed by atoms with Crippen molar-refractivity contribution in [1.29, 1.82) is 0 Å². The molecule has 7 heteroatoms. The largest absolute Gasteiger partial charge is 0.494 e. The molecule has 1 atom stereocenters. The van der Waals surface area contributed by atoms with Crippen LogP contribution >= 0.6 is 0 Å². The highest BCUT2D eigenvalue weighted by atomic mass is 16.5. The quantitative estimate of drug-likeness (QED) is 0.769. The third-order valence-electron chi connectivity index (χ3n) is 4.55. The molecule has 1 aromatic carbocycles. The van der Waals surface area contributed by atoms with Crippen LogP contribution in [0.5, 0.6) is 5.75 Å². The van der Waals surface area contributed by atoms with Crippen LogP contribution in [0.3, 0.4) is 0 Å². The Bertz CT molecular complexity index is 1080. The fraction of sp³-hybridized carbons (Fsp3) is 0.250. The summed E-state index contributed by atoms with van der Waals surface area (Å²) in [7, 11) is 0. The lowest BCUT2D eigenvalue weighted by Gasteiger charge is -2.20. The SMILES string of the molecule is CCOc1ccc2cc([C@H]3CC(c4ccco4)=NN3C(C)=O)c(=O)[nH]c2c1. The van der Waals surface area contributed by atoms with Crippen LogP contribution in [-0.4, -0.2) is 28.2 Å². The number of aromatic amines is 1. The number of fused-ring (bicyclic) bond motifs is 1. The summed E-state index contributed by atoms with van der Waals surface area (Å²) in [6, 6.07) is 10.4. The maximum Gasteiger partial charge on any atom is 0.253 e. The van der Waals surface area contributed by atoms with Crippen LogP contribution in [0.1, 0.15) is 37.6 Å². The third-order valence-corrected chi connectivity index (χ3v) is 4.55. The molecule has 0 radical (unpaired) electrons. The van der Waals surface area contributed by atoms with E-state index >= 15 is 0 Å². The molecule has 4 rings (SSSR count). The van der Waals surface area contributed by atoms with Crippen molar-refractivity contribution in [3.8, 4) is 5.75 Å². The molecule has 3 heterocycles. The van der Waals surface area contributed by atoms with Gasteiger partial charge in [0.2, 0.25) is 5.91 Å². The smallest absolute Gasteiger partial charge is 0.253 e. The first-order valence-electron chi connectivity index (χ1n) is 8.77. The van der Waals surface area contributed by atoms with Crippen LogP contribution in [0.4, 0.5) is 0 Å². The molecule has 0 saturated heterocycles. The summed E-state index contributed by atoms with van der Waals surface area (Å²) in [6.07, 6.45) is 1.97. The second-order valence-electron chi connectivity index (χ2n) is 6.34. The zero-order valence-electron chi connectivity index (χ0n) is 15.1. The van der Waals surface area contributed by atoms with Crippen LogP contribution in [-0.2, 0) is 4.79 Å². The number of carbonyl (C=O) groups excluding carboxylic acids is 1. The number of aromatic nitrogens is 1. The van der Waals surface area contributed by atoms with Gasteiger partial charge < -0.3 is 14.1 Å². The molecule has 27 heavy (non-hydrogen) atoms. The Balaban J connectivity index is 1.74. The first kappa shape index (κ1) is 17.1. The van der Waals surface area contributed by atoms with E-state index in [0.29, 0.717) is 41.3 Å².